The summed E-state index contributed by atoms with van der Waals surface area (Å²) in [5.74, 6) is 0.978. The number of carboxylic acid groups (broad SMARTS) is 1. The Morgan fingerprint density at radius 3 is 2.65 bits per heavy atom. The van der Waals surface area contributed by atoms with Gasteiger partial charge in [0, 0.05) is 19.6 Å². The summed E-state index contributed by atoms with van der Waals surface area (Å²) in [4.78, 5) is 12.6. The molecule has 98 valence electrons. The van der Waals surface area contributed by atoms with Crippen molar-refractivity contribution < 1.29 is 14.1 Å². The topological polar surface area (TPSA) is 60.9 Å². The summed E-state index contributed by atoms with van der Waals surface area (Å²) in [5.41, 5.74) is 0. The zero-order valence-electron chi connectivity index (χ0n) is 10.3. The zero-order valence-corrected chi connectivity index (χ0v) is 11.2. The predicted octanol–water partition coefficient (Wildman–Crippen LogP) is 0.354. The Bertz CT molecular complexity index is 337. The van der Waals surface area contributed by atoms with Gasteiger partial charge in [0.05, 0.1) is 5.88 Å². The summed E-state index contributed by atoms with van der Waals surface area (Å²) in [7, 11) is -1.04. The number of carbonyl (C=O) groups is 1. The number of rotatable bonds is 4. The number of nitrogens with zero attached hydrogens (tertiary/aromatic N) is 2. The molecule has 0 aromatic carbocycles. The highest BCUT2D eigenvalue weighted by Crippen LogP contribution is 2.38. The molecule has 0 radical (unpaired) electrons. The van der Waals surface area contributed by atoms with Crippen molar-refractivity contribution in [1.82, 2.24) is 9.21 Å². The first-order chi connectivity index (χ1) is 7.99. The Labute approximate surface area is 104 Å². The molecule has 0 aromatic rings. The molecule has 0 spiro atoms. The summed E-state index contributed by atoms with van der Waals surface area (Å²) < 4.78 is 14.0. The van der Waals surface area contributed by atoms with Crippen molar-refractivity contribution in [3.63, 3.8) is 0 Å². The third-order valence-electron chi connectivity index (χ3n) is 3.82. The maximum absolute atomic E-state index is 12.0. The van der Waals surface area contributed by atoms with Gasteiger partial charge in [-0.2, -0.15) is 0 Å². The molecule has 5 nitrogen and oxygen atoms in total. The van der Waals surface area contributed by atoms with Gasteiger partial charge in [-0.15, -0.1) is 0 Å². The van der Waals surface area contributed by atoms with Gasteiger partial charge in [0.1, 0.15) is 17.0 Å². The van der Waals surface area contributed by atoms with E-state index >= 15 is 0 Å². The molecule has 0 bridgehead atoms. The van der Waals surface area contributed by atoms with Crippen molar-refractivity contribution in [3.8, 4) is 0 Å². The maximum Gasteiger partial charge on any atom is 0.320 e. The van der Waals surface area contributed by atoms with Crippen LogP contribution in [0.1, 0.15) is 20.3 Å². The molecule has 1 saturated heterocycles. The molecule has 1 saturated carbocycles. The Kier molecular flexibility index (Phi) is 3.85. The van der Waals surface area contributed by atoms with Crippen LogP contribution in [0.5, 0.6) is 0 Å². The van der Waals surface area contributed by atoms with Crippen LogP contribution in [-0.2, 0) is 15.8 Å². The van der Waals surface area contributed by atoms with Gasteiger partial charge in [0.25, 0.3) is 0 Å². The van der Waals surface area contributed by atoms with Crippen LogP contribution in [0.2, 0.25) is 0 Å². The van der Waals surface area contributed by atoms with Crippen molar-refractivity contribution in [2.24, 2.45) is 11.8 Å². The average molecular weight is 260 g/mol. The lowest BCUT2D eigenvalue weighted by Gasteiger charge is -2.35. The van der Waals surface area contributed by atoms with Gasteiger partial charge >= 0.3 is 5.97 Å². The third-order valence-corrected chi connectivity index (χ3v) is 5.28. The molecule has 1 aliphatic carbocycles. The second-order valence-corrected chi connectivity index (χ2v) is 6.56. The first kappa shape index (κ1) is 13.0. The highest BCUT2D eigenvalue weighted by atomic mass is 32.2. The van der Waals surface area contributed by atoms with Crippen LogP contribution in [0.3, 0.4) is 0 Å². The highest BCUT2D eigenvalue weighted by molar-refractivity contribution is 7.82. The van der Waals surface area contributed by atoms with E-state index in [1.807, 2.05) is 4.31 Å². The van der Waals surface area contributed by atoms with E-state index < -0.39 is 23.0 Å². The highest BCUT2D eigenvalue weighted by Gasteiger charge is 2.37. The Morgan fingerprint density at radius 1 is 1.53 bits per heavy atom. The van der Waals surface area contributed by atoms with E-state index in [0.29, 0.717) is 24.9 Å². The lowest BCUT2D eigenvalue weighted by Crippen LogP contribution is -2.52. The first-order valence-electron chi connectivity index (χ1n) is 6.09. The molecule has 4 atom stereocenters. The Hall–Kier alpha value is -0.460. The standard InChI is InChI=1S/C11H20N2O3S/c1-8-5-10(8)6-13-4-3-12(7-17(13)16)9(2)11(14)15/h8-10H,3-7H2,1-2H3,(H,14,15)/t8?,9-,10?,17?/m1/s1. The van der Waals surface area contributed by atoms with E-state index in [1.54, 1.807) is 11.8 Å². The summed E-state index contributed by atoms with van der Waals surface area (Å²) in [6.45, 7) is 6.19. The average Bonchev–Trinajstić information content (AvgIpc) is 2.96. The fourth-order valence-corrected chi connectivity index (χ4v) is 3.62. The van der Waals surface area contributed by atoms with Gasteiger partial charge in [0.15, 0.2) is 0 Å². The normalized spacial score (nSPS) is 36.7. The number of carboxylic acids is 1. The summed E-state index contributed by atoms with van der Waals surface area (Å²) in [6, 6.07) is -0.541. The smallest absolute Gasteiger partial charge is 0.320 e. The predicted molar refractivity (Wildman–Crippen MR) is 65.7 cm³/mol. The van der Waals surface area contributed by atoms with Gasteiger partial charge < -0.3 is 5.11 Å². The fraction of sp³-hybridized carbons (Fsp3) is 0.909. The Balaban J connectivity index is 1.84. The van der Waals surface area contributed by atoms with E-state index in [1.165, 1.54) is 6.42 Å². The van der Waals surface area contributed by atoms with Crippen LogP contribution in [0, 0.1) is 11.8 Å². The minimum atomic E-state index is -1.04. The molecular weight excluding hydrogens is 240 g/mol. The molecule has 2 rings (SSSR count). The number of aliphatic carboxylic acids is 1. The monoisotopic (exact) mass is 260 g/mol. The van der Waals surface area contributed by atoms with Gasteiger partial charge in [-0.3, -0.25) is 9.69 Å². The van der Waals surface area contributed by atoms with Crippen LogP contribution in [0.15, 0.2) is 0 Å². The molecule has 6 heteroatoms. The molecule has 3 unspecified atom stereocenters. The van der Waals surface area contributed by atoms with Crippen molar-refractivity contribution in [2.75, 3.05) is 25.5 Å². The molecule has 2 aliphatic rings. The third kappa shape index (κ3) is 3.05. The van der Waals surface area contributed by atoms with Gasteiger partial charge in [-0.25, -0.2) is 8.51 Å². The van der Waals surface area contributed by atoms with Gasteiger partial charge in [0.2, 0.25) is 0 Å². The molecule has 1 heterocycles. The van der Waals surface area contributed by atoms with Crippen LogP contribution in [0.25, 0.3) is 0 Å². The lowest BCUT2D eigenvalue weighted by molar-refractivity contribution is -0.142. The quantitative estimate of drug-likeness (QED) is 0.792. The van der Waals surface area contributed by atoms with Crippen molar-refractivity contribution >= 4 is 17.0 Å². The van der Waals surface area contributed by atoms with Gasteiger partial charge in [-0.05, 0) is 25.2 Å². The SMILES string of the molecule is CC1CC1CN1CCN([C@H](C)C(=O)O)CS1=O. The second kappa shape index (κ2) is 5.04. The minimum absolute atomic E-state index is 0.356. The molecule has 0 aromatic heterocycles. The van der Waals surface area contributed by atoms with Gasteiger partial charge in [-0.1, -0.05) is 6.92 Å². The van der Waals surface area contributed by atoms with E-state index in [9.17, 15) is 9.00 Å². The summed E-state index contributed by atoms with van der Waals surface area (Å²) in [6.07, 6.45) is 1.24. The number of hydrogen-bond acceptors (Lipinski definition) is 3. The molecule has 0 amide bonds. The number of hydrogen-bond donors (Lipinski definition) is 1. The van der Waals surface area contributed by atoms with E-state index in [2.05, 4.69) is 6.92 Å². The van der Waals surface area contributed by atoms with Crippen molar-refractivity contribution in [2.45, 2.75) is 26.3 Å². The van der Waals surface area contributed by atoms with Crippen LogP contribution in [0.4, 0.5) is 0 Å². The largest absolute Gasteiger partial charge is 0.480 e. The molecule has 1 aliphatic heterocycles. The summed E-state index contributed by atoms with van der Waals surface area (Å²) in [5, 5.41) is 8.92. The maximum atomic E-state index is 12.0. The first-order valence-corrected chi connectivity index (χ1v) is 7.37. The lowest BCUT2D eigenvalue weighted by atomic mass is 10.3. The van der Waals surface area contributed by atoms with E-state index in [-0.39, 0.29) is 0 Å². The Morgan fingerprint density at radius 2 is 2.18 bits per heavy atom. The summed E-state index contributed by atoms with van der Waals surface area (Å²) >= 11 is 0. The minimum Gasteiger partial charge on any atom is -0.480 e. The fourth-order valence-electron chi connectivity index (χ4n) is 2.18. The van der Waals surface area contributed by atoms with E-state index in [4.69, 9.17) is 5.11 Å². The van der Waals surface area contributed by atoms with Crippen LogP contribution >= 0.6 is 0 Å². The van der Waals surface area contributed by atoms with Crippen LogP contribution in [-0.4, -0.2) is 56.0 Å². The molecule has 17 heavy (non-hydrogen) atoms. The molecular formula is C11H20N2O3S. The van der Waals surface area contributed by atoms with E-state index in [0.717, 1.165) is 12.5 Å². The van der Waals surface area contributed by atoms with Crippen molar-refractivity contribution in [1.29, 1.82) is 0 Å². The molecule has 2 fully saturated rings. The second-order valence-electron chi connectivity index (χ2n) is 5.14. The molecule has 1 N–H and O–H groups in total. The zero-order chi connectivity index (χ0) is 12.6. The van der Waals surface area contributed by atoms with Crippen molar-refractivity contribution in [3.05, 3.63) is 0 Å². The van der Waals surface area contributed by atoms with Crippen LogP contribution < -0.4 is 0 Å².